The number of Topliss-reactive ketones (excluding diaryl/α,β-unsaturated/α-hetero) is 1. The predicted molar refractivity (Wildman–Crippen MR) is 92.0 cm³/mol. The van der Waals surface area contributed by atoms with E-state index in [1.165, 1.54) is 13.8 Å². The van der Waals surface area contributed by atoms with Crippen LogP contribution in [0.3, 0.4) is 0 Å². The van der Waals surface area contributed by atoms with Crippen LogP contribution in [0.2, 0.25) is 0 Å². The zero-order chi connectivity index (χ0) is 18.2. The molecule has 0 aliphatic rings. The van der Waals surface area contributed by atoms with Crippen LogP contribution >= 0.6 is 11.8 Å². The third-order valence-electron chi connectivity index (χ3n) is 3.06. The van der Waals surface area contributed by atoms with E-state index in [-0.39, 0.29) is 28.5 Å². The Bertz CT molecular complexity index is 457. The average Bonchev–Trinajstić information content (AvgIpc) is 2.39. The van der Waals surface area contributed by atoms with Gasteiger partial charge in [-0.2, -0.15) is 0 Å². The predicted octanol–water partition coefficient (Wildman–Crippen LogP) is 1.67. The molecule has 0 radical (unpaired) electrons. The molecule has 0 aromatic carbocycles. The molecule has 0 saturated carbocycles. The van der Waals surface area contributed by atoms with Gasteiger partial charge >= 0.3 is 0 Å². The van der Waals surface area contributed by atoms with E-state index in [9.17, 15) is 19.2 Å². The van der Waals surface area contributed by atoms with Gasteiger partial charge in [0.1, 0.15) is 0 Å². The van der Waals surface area contributed by atoms with Crippen molar-refractivity contribution in [2.75, 3.05) is 5.75 Å². The average molecular weight is 344 g/mol. The Balaban J connectivity index is 4.88. The van der Waals surface area contributed by atoms with Crippen LogP contribution in [0, 0.1) is 5.41 Å². The molecular weight excluding hydrogens is 316 g/mol. The van der Waals surface area contributed by atoms with E-state index < -0.39 is 17.5 Å². The van der Waals surface area contributed by atoms with Crippen molar-refractivity contribution in [3.63, 3.8) is 0 Å². The zero-order valence-corrected chi connectivity index (χ0v) is 15.6. The molecule has 0 fully saturated rings. The Kier molecular flexibility index (Phi) is 9.12. The molecule has 0 aliphatic heterocycles. The smallest absolute Gasteiger partial charge is 0.217 e. The van der Waals surface area contributed by atoms with Crippen LogP contribution in [0.5, 0.6) is 0 Å². The van der Waals surface area contributed by atoms with Crippen molar-refractivity contribution in [3.8, 4) is 0 Å². The number of thioether (sulfide) groups is 1. The lowest BCUT2D eigenvalue weighted by Crippen LogP contribution is -2.47. The lowest BCUT2D eigenvalue weighted by atomic mass is 9.87. The molecule has 0 aromatic heterocycles. The van der Waals surface area contributed by atoms with Gasteiger partial charge in [0, 0.05) is 25.0 Å². The third-order valence-corrected chi connectivity index (χ3v) is 4.13. The number of ketones is 1. The van der Waals surface area contributed by atoms with E-state index in [1.54, 1.807) is 20.8 Å². The monoisotopic (exact) mass is 344 g/mol. The summed E-state index contributed by atoms with van der Waals surface area (Å²) < 4.78 is 0. The minimum atomic E-state index is -0.721. The van der Waals surface area contributed by atoms with Crippen LogP contribution in [-0.4, -0.2) is 40.5 Å². The van der Waals surface area contributed by atoms with Crippen molar-refractivity contribution in [3.05, 3.63) is 0 Å². The molecule has 0 bridgehead atoms. The molecule has 0 spiro atoms. The largest absolute Gasteiger partial charge is 0.346 e. The van der Waals surface area contributed by atoms with Crippen molar-refractivity contribution in [1.29, 1.82) is 0 Å². The highest BCUT2D eigenvalue weighted by Gasteiger charge is 2.31. The SMILES string of the molecule is CCCC(NC(C)=O)C(=O)SCC(NC(C)=O)C(=O)C(C)(C)C. The molecular formula is C16H28N2O4S. The van der Waals surface area contributed by atoms with Gasteiger partial charge in [0.05, 0.1) is 12.1 Å². The summed E-state index contributed by atoms with van der Waals surface area (Å²) in [5, 5.41) is 5.03. The molecule has 2 atom stereocenters. The molecule has 0 rings (SSSR count). The summed E-state index contributed by atoms with van der Waals surface area (Å²) in [4.78, 5) is 47.1. The van der Waals surface area contributed by atoms with Crippen molar-refractivity contribution in [2.24, 2.45) is 5.41 Å². The highest BCUT2D eigenvalue weighted by molar-refractivity contribution is 8.13. The molecule has 0 aromatic rings. The Labute approximate surface area is 142 Å². The Hall–Kier alpha value is -1.37. The standard InChI is InChI=1S/C16H28N2O4S/c1-7-8-12(17-10(2)19)15(22)23-9-13(18-11(3)20)14(21)16(4,5)6/h12-13H,7-9H2,1-6H3,(H,17,19)(H,18,20). The second kappa shape index (κ2) is 9.70. The quantitative estimate of drug-likeness (QED) is 0.699. The number of hydrogen-bond donors (Lipinski definition) is 2. The summed E-state index contributed by atoms with van der Waals surface area (Å²) in [6.45, 7) is 9.95. The number of carbonyl (C=O) groups is 4. The van der Waals surface area contributed by atoms with Gasteiger partial charge in [-0.25, -0.2) is 0 Å². The van der Waals surface area contributed by atoms with Gasteiger partial charge in [0.15, 0.2) is 5.78 Å². The van der Waals surface area contributed by atoms with Crippen molar-refractivity contribution >= 4 is 34.5 Å². The first-order valence-electron chi connectivity index (χ1n) is 7.74. The second-order valence-electron chi connectivity index (χ2n) is 6.54. The van der Waals surface area contributed by atoms with Crippen LogP contribution in [0.4, 0.5) is 0 Å². The van der Waals surface area contributed by atoms with E-state index in [2.05, 4.69) is 10.6 Å². The fraction of sp³-hybridized carbons (Fsp3) is 0.750. The Morgan fingerprint density at radius 3 is 1.83 bits per heavy atom. The minimum absolute atomic E-state index is 0.125. The molecule has 2 unspecified atom stereocenters. The number of nitrogens with one attached hydrogen (secondary N) is 2. The summed E-state index contributed by atoms with van der Waals surface area (Å²) >= 11 is 0.972. The summed E-state index contributed by atoms with van der Waals surface area (Å²) in [5.74, 6) is -0.539. The van der Waals surface area contributed by atoms with E-state index >= 15 is 0 Å². The first-order valence-corrected chi connectivity index (χ1v) is 8.72. The summed E-state index contributed by atoms with van der Waals surface area (Å²) in [7, 11) is 0. The normalized spacial score (nSPS) is 13.8. The Morgan fingerprint density at radius 1 is 0.957 bits per heavy atom. The second-order valence-corrected chi connectivity index (χ2v) is 7.56. The Morgan fingerprint density at radius 2 is 1.43 bits per heavy atom. The number of hydrogen-bond acceptors (Lipinski definition) is 5. The van der Waals surface area contributed by atoms with Gasteiger partial charge in [0.2, 0.25) is 16.9 Å². The molecule has 132 valence electrons. The van der Waals surface area contributed by atoms with E-state index in [1.807, 2.05) is 6.92 Å². The maximum Gasteiger partial charge on any atom is 0.217 e. The first kappa shape index (κ1) is 21.6. The van der Waals surface area contributed by atoms with Gasteiger partial charge in [-0.1, -0.05) is 45.9 Å². The van der Waals surface area contributed by atoms with E-state index in [0.29, 0.717) is 6.42 Å². The maximum absolute atomic E-state index is 12.4. The summed E-state index contributed by atoms with van der Waals surface area (Å²) in [5.41, 5.74) is -0.614. The molecule has 2 amide bonds. The van der Waals surface area contributed by atoms with E-state index in [0.717, 1.165) is 18.2 Å². The van der Waals surface area contributed by atoms with Crippen molar-refractivity contribution < 1.29 is 19.2 Å². The topological polar surface area (TPSA) is 92.3 Å². The molecule has 0 aliphatic carbocycles. The highest BCUT2D eigenvalue weighted by Crippen LogP contribution is 2.20. The van der Waals surface area contributed by atoms with Crippen LogP contribution in [-0.2, 0) is 19.2 Å². The fourth-order valence-electron chi connectivity index (χ4n) is 2.00. The number of carbonyl (C=O) groups excluding carboxylic acids is 4. The van der Waals surface area contributed by atoms with Crippen LogP contribution < -0.4 is 10.6 Å². The van der Waals surface area contributed by atoms with Crippen LogP contribution in [0.25, 0.3) is 0 Å². The molecule has 2 N–H and O–H groups in total. The van der Waals surface area contributed by atoms with Crippen LogP contribution in [0.1, 0.15) is 54.4 Å². The zero-order valence-electron chi connectivity index (χ0n) is 14.8. The first-order chi connectivity index (χ1) is 10.5. The molecule has 6 nitrogen and oxygen atoms in total. The summed E-state index contributed by atoms with van der Waals surface area (Å²) in [6.07, 6.45) is 1.30. The lowest BCUT2D eigenvalue weighted by molar-refractivity contribution is -0.131. The maximum atomic E-state index is 12.4. The number of rotatable bonds is 8. The van der Waals surface area contributed by atoms with Gasteiger partial charge in [-0.05, 0) is 6.42 Å². The van der Waals surface area contributed by atoms with E-state index in [4.69, 9.17) is 0 Å². The molecule has 7 heteroatoms. The van der Waals surface area contributed by atoms with Gasteiger partial charge in [-0.3, -0.25) is 19.2 Å². The van der Waals surface area contributed by atoms with Crippen molar-refractivity contribution in [1.82, 2.24) is 10.6 Å². The molecule has 0 heterocycles. The fourth-order valence-corrected chi connectivity index (χ4v) is 2.94. The van der Waals surface area contributed by atoms with Crippen molar-refractivity contribution in [2.45, 2.75) is 66.5 Å². The van der Waals surface area contributed by atoms with Gasteiger partial charge < -0.3 is 10.6 Å². The molecule has 0 saturated heterocycles. The minimum Gasteiger partial charge on any atom is -0.346 e. The lowest BCUT2D eigenvalue weighted by Gasteiger charge is -2.25. The molecule has 23 heavy (non-hydrogen) atoms. The third kappa shape index (κ3) is 8.74. The van der Waals surface area contributed by atoms with Crippen LogP contribution in [0.15, 0.2) is 0 Å². The highest BCUT2D eigenvalue weighted by atomic mass is 32.2. The number of amides is 2. The summed E-state index contributed by atoms with van der Waals surface area (Å²) in [6, 6.07) is -1.29. The van der Waals surface area contributed by atoms with Gasteiger partial charge in [-0.15, -0.1) is 0 Å². The van der Waals surface area contributed by atoms with Gasteiger partial charge in [0.25, 0.3) is 0 Å².